The summed E-state index contributed by atoms with van der Waals surface area (Å²) < 4.78 is 1.15. The number of carbonyl (C=O) groups is 1. The zero-order chi connectivity index (χ0) is 18.0. The smallest absolute Gasteiger partial charge is 0.278 e. The lowest BCUT2D eigenvalue weighted by Gasteiger charge is -2.21. The normalized spacial score (nSPS) is 12.3. The third kappa shape index (κ3) is 3.53. The SMILES string of the molecule is CC(C)C(C(=O)Nc1ccc(Cl)cc1)n1nnc2ccccc2c1=O. The molecule has 0 saturated carbocycles. The molecule has 0 aliphatic carbocycles. The van der Waals surface area contributed by atoms with Crippen LogP contribution in [0.4, 0.5) is 5.69 Å². The number of rotatable bonds is 4. The van der Waals surface area contributed by atoms with E-state index in [1.54, 1.807) is 48.5 Å². The number of amides is 1. The highest BCUT2D eigenvalue weighted by atomic mass is 35.5. The van der Waals surface area contributed by atoms with Crippen molar-refractivity contribution >= 4 is 34.1 Å². The van der Waals surface area contributed by atoms with Gasteiger partial charge in [0.2, 0.25) is 5.91 Å². The van der Waals surface area contributed by atoms with Crippen molar-refractivity contribution in [2.24, 2.45) is 5.92 Å². The Bertz CT molecular complexity index is 967. The van der Waals surface area contributed by atoms with Gasteiger partial charge in [-0.05, 0) is 42.3 Å². The summed E-state index contributed by atoms with van der Waals surface area (Å²) in [7, 11) is 0. The van der Waals surface area contributed by atoms with Gasteiger partial charge in [-0.3, -0.25) is 9.59 Å². The number of nitrogens with one attached hydrogen (secondary N) is 1. The molecule has 1 amide bonds. The van der Waals surface area contributed by atoms with E-state index in [1.807, 2.05) is 13.8 Å². The van der Waals surface area contributed by atoms with Gasteiger partial charge in [-0.1, -0.05) is 42.8 Å². The summed E-state index contributed by atoms with van der Waals surface area (Å²) in [5.74, 6) is -0.482. The fourth-order valence-electron chi connectivity index (χ4n) is 2.63. The standard InChI is InChI=1S/C18H17ClN4O2/c1-11(2)16(17(24)20-13-9-7-12(19)8-10-13)23-18(25)14-5-3-4-6-15(14)21-22-23/h3-11,16H,1-2H3,(H,20,24). The Labute approximate surface area is 149 Å². The summed E-state index contributed by atoms with van der Waals surface area (Å²) in [6.07, 6.45) is 0. The van der Waals surface area contributed by atoms with Crippen molar-refractivity contribution < 1.29 is 4.79 Å². The van der Waals surface area contributed by atoms with Gasteiger partial charge in [-0.2, -0.15) is 4.68 Å². The number of anilines is 1. The molecule has 0 aliphatic rings. The van der Waals surface area contributed by atoms with Gasteiger partial charge in [0, 0.05) is 10.7 Å². The third-order valence-electron chi connectivity index (χ3n) is 3.87. The fraction of sp³-hybridized carbons (Fsp3) is 0.222. The molecule has 1 heterocycles. The number of carbonyl (C=O) groups excluding carboxylic acids is 1. The molecule has 25 heavy (non-hydrogen) atoms. The van der Waals surface area contributed by atoms with Crippen molar-refractivity contribution in [3.05, 3.63) is 63.9 Å². The second kappa shape index (κ2) is 7.03. The van der Waals surface area contributed by atoms with Crippen molar-refractivity contribution in [3.63, 3.8) is 0 Å². The van der Waals surface area contributed by atoms with E-state index in [1.165, 1.54) is 0 Å². The molecule has 3 aromatic rings. The Morgan fingerprint density at radius 3 is 2.48 bits per heavy atom. The van der Waals surface area contributed by atoms with E-state index < -0.39 is 6.04 Å². The molecule has 2 aromatic carbocycles. The minimum absolute atomic E-state index is 0.152. The van der Waals surface area contributed by atoms with Gasteiger partial charge in [-0.15, -0.1) is 5.10 Å². The lowest BCUT2D eigenvalue weighted by molar-refractivity contribution is -0.120. The first kappa shape index (κ1) is 17.1. The summed E-state index contributed by atoms with van der Waals surface area (Å²) in [6.45, 7) is 3.71. The van der Waals surface area contributed by atoms with Crippen LogP contribution in [0.3, 0.4) is 0 Å². The van der Waals surface area contributed by atoms with E-state index in [9.17, 15) is 9.59 Å². The van der Waals surface area contributed by atoms with Gasteiger partial charge in [-0.25, -0.2) is 0 Å². The molecule has 0 bridgehead atoms. The van der Waals surface area contributed by atoms with Crippen molar-refractivity contribution in [1.29, 1.82) is 0 Å². The van der Waals surface area contributed by atoms with Crippen LogP contribution in [0.25, 0.3) is 10.9 Å². The van der Waals surface area contributed by atoms with E-state index >= 15 is 0 Å². The van der Waals surface area contributed by atoms with Gasteiger partial charge in [0.15, 0.2) is 0 Å². The van der Waals surface area contributed by atoms with E-state index in [-0.39, 0.29) is 17.4 Å². The Hall–Kier alpha value is -2.73. The first-order valence-electron chi connectivity index (χ1n) is 7.88. The first-order chi connectivity index (χ1) is 12.0. The fourth-order valence-corrected chi connectivity index (χ4v) is 2.76. The molecular formula is C18H17ClN4O2. The van der Waals surface area contributed by atoms with Gasteiger partial charge < -0.3 is 5.32 Å². The first-order valence-corrected chi connectivity index (χ1v) is 8.26. The highest BCUT2D eigenvalue weighted by Crippen LogP contribution is 2.20. The molecule has 0 saturated heterocycles. The third-order valence-corrected chi connectivity index (χ3v) is 4.12. The van der Waals surface area contributed by atoms with Gasteiger partial charge in [0.05, 0.1) is 5.39 Å². The quantitative estimate of drug-likeness (QED) is 0.778. The number of nitrogens with zero attached hydrogens (tertiary/aromatic N) is 3. The zero-order valence-electron chi connectivity index (χ0n) is 13.8. The predicted octanol–water partition coefficient (Wildman–Crippen LogP) is 3.28. The number of halogens is 1. The Morgan fingerprint density at radius 2 is 1.80 bits per heavy atom. The molecule has 128 valence electrons. The minimum atomic E-state index is -0.778. The highest BCUT2D eigenvalue weighted by Gasteiger charge is 2.27. The zero-order valence-corrected chi connectivity index (χ0v) is 14.6. The average Bonchev–Trinajstić information content (AvgIpc) is 2.59. The summed E-state index contributed by atoms with van der Waals surface area (Å²) in [4.78, 5) is 25.5. The van der Waals surface area contributed by atoms with Gasteiger partial charge >= 0.3 is 0 Å². The van der Waals surface area contributed by atoms with Crippen molar-refractivity contribution in [3.8, 4) is 0 Å². The number of fused-ring (bicyclic) bond motifs is 1. The molecular weight excluding hydrogens is 340 g/mol. The van der Waals surface area contributed by atoms with E-state index in [0.29, 0.717) is 21.6 Å². The number of hydrogen-bond acceptors (Lipinski definition) is 4. The molecule has 1 atom stereocenters. The molecule has 1 unspecified atom stereocenters. The molecule has 1 N–H and O–H groups in total. The number of hydrogen-bond donors (Lipinski definition) is 1. The molecule has 0 spiro atoms. The lowest BCUT2D eigenvalue weighted by Crippen LogP contribution is -2.38. The average molecular weight is 357 g/mol. The van der Waals surface area contributed by atoms with Gasteiger partial charge in [0.25, 0.3) is 5.56 Å². The summed E-state index contributed by atoms with van der Waals surface area (Å²) in [5.41, 5.74) is 0.766. The Morgan fingerprint density at radius 1 is 1.12 bits per heavy atom. The molecule has 0 fully saturated rings. The largest absolute Gasteiger partial charge is 0.324 e. The monoisotopic (exact) mass is 356 g/mol. The molecule has 7 heteroatoms. The summed E-state index contributed by atoms with van der Waals surface area (Å²) in [6, 6.07) is 12.9. The predicted molar refractivity (Wildman–Crippen MR) is 97.8 cm³/mol. The van der Waals surface area contributed by atoms with Crippen LogP contribution in [0.5, 0.6) is 0 Å². The van der Waals surface area contributed by atoms with Crippen LogP contribution in [-0.4, -0.2) is 20.9 Å². The molecule has 3 rings (SSSR count). The summed E-state index contributed by atoms with van der Waals surface area (Å²) in [5, 5.41) is 11.8. The molecule has 0 aliphatic heterocycles. The Kier molecular flexibility index (Phi) is 4.81. The summed E-state index contributed by atoms with van der Waals surface area (Å²) >= 11 is 5.86. The maximum atomic E-state index is 12.8. The van der Waals surface area contributed by atoms with E-state index in [4.69, 9.17) is 11.6 Å². The van der Waals surface area contributed by atoms with E-state index in [2.05, 4.69) is 15.6 Å². The van der Waals surface area contributed by atoms with Crippen molar-refractivity contribution in [1.82, 2.24) is 15.0 Å². The number of benzene rings is 2. The Balaban J connectivity index is 1.98. The van der Waals surface area contributed by atoms with Crippen LogP contribution in [0.2, 0.25) is 5.02 Å². The van der Waals surface area contributed by atoms with Crippen LogP contribution < -0.4 is 10.9 Å². The second-order valence-corrected chi connectivity index (χ2v) is 6.48. The minimum Gasteiger partial charge on any atom is -0.324 e. The molecule has 0 radical (unpaired) electrons. The van der Waals surface area contributed by atoms with Gasteiger partial charge in [0.1, 0.15) is 11.6 Å². The van der Waals surface area contributed by atoms with Crippen LogP contribution in [0, 0.1) is 5.92 Å². The maximum absolute atomic E-state index is 12.8. The molecule has 6 nitrogen and oxygen atoms in total. The van der Waals surface area contributed by atoms with E-state index in [0.717, 1.165) is 4.68 Å². The lowest BCUT2D eigenvalue weighted by atomic mass is 10.0. The van der Waals surface area contributed by atoms with Crippen LogP contribution in [-0.2, 0) is 4.79 Å². The highest BCUT2D eigenvalue weighted by molar-refractivity contribution is 6.30. The second-order valence-electron chi connectivity index (χ2n) is 6.04. The van der Waals surface area contributed by atoms with Crippen LogP contribution >= 0.6 is 11.6 Å². The van der Waals surface area contributed by atoms with Crippen LogP contribution in [0.15, 0.2) is 53.3 Å². The van der Waals surface area contributed by atoms with Crippen molar-refractivity contribution in [2.75, 3.05) is 5.32 Å². The number of aromatic nitrogens is 3. The molecule has 1 aromatic heterocycles. The maximum Gasteiger partial charge on any atom is 0.278 e. The van der Waals surface area contributed by atoms with Crippen molar-refractivity contribution in [2.45, 2.75) is 19.9 Å². The van der Waals surface area contributed by atoms with Crippen LogP contribution in [0.1, 0.15) is 19.9 Å². The topological polar surface area (TPSA) is 76.9 Å².